The molecule has 5 rings (SSSR count). The number of phenols is 1. The van der Waals surface area contributed by atoms with Gasteiger partial charge in [-0.3, -0.25) is 19.3 Å². The van der Waals surface area contributed by atoms with E-state index in [4.69, 9.17) is 16.3 Å². The quantitative estimate of drug-likeness (QED) is 0.217. The average molecular weight is 614 g/mol. The highest BCUT2D eigenvalue weighted by Gasteiger charge is 2.24. The fraction of sp³-hybridized carbons (Fsp3) is 0.212. The van der Waals surface area contributed by atoms with E-state index >= 15 is 0 Å². The third kappa shape index (κ3) is 7.34. The van der Waals surface area contributed by atoms with E-state index in [1.165, 1.54) is 24.4 Å². The lowest BCUT2D eigenvalue weighted by Crippen LogP contribution is -2.52. The first kappa shape index (κ1) is 30.5. The number of hydrogen-bond donors (Lipinski definition) is 2. The van der Waals surface area contributed by atoms with Crippen molar-refractivity contribution in [3.05, 3.63) is 101 Å². The molecule has 226 valence electrons. The number of carbonyl (C=O) groups excluding carboxylic acids is 3. The monoisotopic (exact) mass is 613 g/mol. The number of rotatable bonds is 9. The molecule has 10 nitrogen and oxygen atoms in total. The predicted molar refractivity (Wildman–Crippen MR) is 170 cm³/mol. The minimum Gasteiger partial charge on any atom is -0.506 e. The summed E-state index contributed by atoms with van der Waals surface area (Å²) in [6.07, 6.45) is 1.53. The smallest absolute Gasteiger partial charge is 0.271 e. The van der Waals surface area contributed by atoms with Crippen LogP contribution in [0.5, 0.6) is 11.5 Å². The molecule has 2 N–H and O–H groups in total. The SMILES string of the molecule is CN(C(=O)CN1CCN(C(=O)COc2ccc(/C=N/NC(=O)c3ccc(O)c(Cl)c3)c3ccccc23)CC1)c1ccccc1. The maximum atomic E-state index is 13.0. The van der Waals surface area contributed by atoms with E-state index in [1.807, 2.05) is 54.6 Å². The molecule has 0 aliphatic carbocycles. The van der Waals surface area contributed by atoms with Crippen molar-refractivity contribution in [2.75, 3.05) is 51.3 Å². The number of likely N-dealkylation sites (N-methyl/N-ethyl adjacent to an activating group) is 1. The number of halogens is 1. The maximum Gasteiger partial charge on any atom is 0.271 e. The van der Waals surface area contributed by atoms with Crippen LogP contribution in [0.15, 0.2) is 90.0 Å². The Morgan fingerprint density at radius 2 is 1.66 bits per heavy atom. The normalized spacial score (nSPS) is 13.6. The van der Waals surface area contributed by atoms with E-state index in [-0.39, 0.29) is 34.8 Å². The number of nitrogens with one attached hydrogen (secondary N) is 1. The number of amides is 3. The third-order valence-corrected chi connectivity index (χ3v) is 7.75. The fourth-order valence-electron chi connectivity index (χ4n) is 4.89. The molecule has 4 aromatic rings. The van der Waals surface area contributed by atoms with Gasteiger partial charge >= 0.3 is 0 Å². The zero-order valence-electron chi connectivity index (χ0n) is 24.1. The number of ether oxygens (including phenoxy) is 1. The molecule has 0 saturated carbocycles. The topological polar surface area (TPSA) is 115 Å². The molecule has 0 spiro atoms. The maximum absolute atomic E-state index is 13.0. The van der Waals surface area contributed by atoms with Crippen LogP contribution in [0, 0.1) is 0 Å². The van der Waals surface area contributed by atoms with Crippen molar-refractivity contribution in [2.45, 2.75) is 0 Å². The molecule has 0 atom stereocenters. The average Bonchev–Trinajstić information content (AvgIpc) is 3.05. The number of carbonyl (C=O) groups is 3. The minimum atomic E-state index is -0.474. The van der Waals surface area contributed by atoms with Crippen LogP contribution in [0.25, 0.3) is 10.8 Å². The van der Waals surface area contributed by atoms with Gasteiger partial charge in [0.05, 0.1) is 17.8 Å². The summed E-state index contributed by atoms with van der Waals surface area (Å²) < 4.78 is 5.97. The Morgan fingerprint density at radius 3 is 2.39 bits per heavy atom. The number of aromatic hydroxyl groups is 1. The molecule has 11 heteroatoms. The van der Waals surface area contributed by atoms with Crippen LogP contribution in [0.2, 0.25) is 5.02 Å². The Labute approximate surface area is 260 Å². The Morgan fingerprint density at radius 1 is 0.955 bits per heavy atom. The molecule has 0 radical (unpaired) electrons. The summed E-state index contributed by atoms with van der Waals surface area (Å²) in [4.78, 5) is 43.6. The summed E-state index contributed by atoms with van der Waals surface area (Å²) in [6, 6.07) is 24.8. The minimum absolute atomic E-state index is 0.00400. The standard InChI is InChI=1S/C33H32ClN5O5/c1-37(25-7-3-2-4-8-25)31(41)21-38-15-17-39(18-16-38)32(42)22-44-30-14-12-24(26-9-5-6-10-27(26)30)20-35-36-33(43)23-11-13-29(40)28(34)19-23/h2-14,19-20,40H,15-18,21-22H2,1H3,(H,36,43)/b35-20+. The Bertz CT molecular complexity index is 1690. The van der Waals surface area contributed by atoms with Gasteiger partial charge in [0.25, 0.3) is 11.8 Å². The second-order valence-corrected chi connectivity index (χ2v) is 10.7. The molecular formula is C33H32ClN5O5. The summed E-state index contributed by atoms with van der Waals surface area (Å²) in [7, 11) is 1.77. The molecule has 1 saturated heterocycles. The third-order valence-electron chi connectivity index (χ3n) is 7.45. The first-order valence-corrected chi connectivity index (χ1v) is 14.5. The predicted octanol–water partition coefficient (Wildman–Crippen LogP) is 4.15. The lowest BCUT2D eigenvalue weighted by molar-refractivity contribution is -0.135. The molecule has 1 heterocycles. The van der Waals surface area contributed by atoms with Crippen molar-refractivity contribution in [1.82, 2.24) is 15.2 Å². The summed E-state index contributed by atoms with van der Waals surface area (Å²) in [5, 5.41) is 15.3. The highest BCUT2D eigenvalue weighted by molar-refractivity contribution is 6.32. The van der Waals surface area contributed by atoms with Crippen LogP contribution in [-0.2, 0) is 9.59 Å². The molecule has 0 aromatic heterocycles. The van der Waals surface area contributed by atoms with Crippen molar-refractivity contribution in [3.8, 4) is 11.5 Å². The molecule has 1 fully saturated rings. The zero-order chi connectivity index (χ0) is 31.1. The number of para-hydroxylation sites is 1. The molecule has 0 bridgehead atoms. The zero-order valence-corrected chi connectivity index (χ0v) is 24.9. The van der Waals surface area contributed by atoms with Crippen molar-refractivity contribution >= 4 is 52.0 Å². The number of anilines is 1. The van der Waals surface area contributed by atoms with E-state index in [2.05, 4.69) is 15.4 Å². The number of fused-ring (bicyclic) bond motifs is 1. The Hall–Kier alpha value is -4.93. The van der Waals surface area contributed by atoms with Crippen molar-refractivity contribution in [3.63, 3.8) is 0 Å². The van der Waals surface area contributed by atoms with Gasteiger partial charge in [0.2, 0.25) is 5.91 Å². The lowest BCUT2D eigenvalue weighted by Gasteiger charge is -2.35. The number of hydrogen-bond acceptors (Lipinski definition) is 7. The highest BCUT2D eigenvalue weighted by Crippen LogP contribution is 2.28. The van der Waals surface area contributed by atoms with Gasteiger partial charge in [0.1, 0.15) is 11.5 Å². The molecule has 44 heavy (non-hydrogen) atoms. The summed E-state index contributed by atoms with van der Waals surface area (Å²) >= 11 is 5.89. The van der Waals surface area contributed by atoms with Crippen LogP contribution in [0.4, 0.5) is 5.69 Å². The molecule has 1 aliphatic heterocycles. The number of nitrogens with zero attached hydrogens (tertiary/aromatic N) is 4. The fourth-order valence-corrected chi connectivity index (χ4v) is 5.07. The van der Waals surface area contributed by atoms with E-state index in [9.17, 15) is 19.5 Å². The largest absolute Gasteiger partial charge is 0.506 e. The number of hydrazone groups is 1. The highest BCUT2D eigenvalue weighted by atomic mass is 35.5. The summed E-state index contributed by atoms with van der Waals surface area (Å²) in [6.45, 7) is 2.42. The van der Waals surface area contributed by atoms with Gasteiger partial charge < -0.3 is 19.6 Å². The van der Waals surface area contributed by atoms with Crippen LogP contribution in [0.1, 0.15) is 15.9 Å². The lowest BCUT2D eigenvalue weighted by atomic mass is 10.0. The molecule has 1 aliphatic rings. The van der Waals surface area contributed by atoms with Gasteiger partial charge in [-0.25, -0.2) is 5.43 Å². The van der Waals surface area contributed by atoms with E-state index in [0.29, 0.717) is 38.5 Å². The second kappa shape index (κ2) is 14.0. The van der Waals surface area contributed by atoms with E-state index in [1.54, 1.807) is 29.0 Å². The van der Waals surface area contributed by atoms with Crippen molar-refractivity contribution in [2.24, 2.45) is 5.10 Å². The van der Waals surface area contributed by atoms with Gasteiger partial charge in [-0.2, -0.15) is 5.10 Å². The van der Waals surface area contributed by atoms with Crippen LogP contribution >= 0.6 is 11.6 Å². The van der Waals surface area contributed by atoms with Crippen molar-refractivity contribution < 1.29 is 24.2 Å². The van der Waals surface area contributed by atoms with E-state index < -0.39 is 5.91 Å². The number of benzene rings is 4. The van der Waals surface area contributed by atoms with E-state index in [0.717, 1.165) is 22.0 Å². The molecule has 0 unspecified atom stereocenters. The van der Waals surface area contributed by atoms with Crippen LogP contribution in [-0.4, -0.2) is 85.2 Å². The molecular weight excluding hydrogens is 582 g/mol. The van der Waals surface area contributed by atoms with Crippen LogP contribution in [0.3, 0.4) is 0 Å². The summed E-state index contributed by atoms with van der Waals surface area (Å²) in [5.74, 6) is -0.144. The summed E-state index contributed by atoms with van der Waals surface area (Å²) in [5.41, 5.74) is 4.31. The second-order valence-electron chi connectivity index (χ2n) is 10.3. The van der Waals surface area contributed by atoms with Crippen LogP contribution < -0.4 is 15.1 Å². The first-order valence-electron chi connectivity index (χ1n) is 14.1. The number of piperazine rings is 1. The molecule has 4 aromatic carbocycles. The Kier molecular flexibility index (Phi) is 9.73. The van der Waals surface area contributed by atoms with Crippen molar-refractivity contribution in [1.29, 1.82) is 0 Å². The number of phenolic OH excluding ortho intramolecular Hbond substituents is 1. The van der Waals surface area contributed by atoms with Gasteiger partial charge in [0.15, 0.2) is 6.61 Å². The van der Waals surface area contributed by atoms with Gasteiger partial charge in [0, 0.05) is 55.4 Å². The molecule has 3 amide bonds. The van der Waals surface area contributed by atoms with Gasteiger partial charge in [-0.05, 0) is 47.9 Å². The Balaban J connectivity index is 1.14. The van der Waals surface area contributed by atoms with Gasteiger partial charge in [-0.15, -0.1) is 0 Å². The van der Waals surface area contributed by atoms with Gasteiger partial charge in [-0.1, -0.05) is 54.1 Å². The first-order chi connectivity index (χ1) is 21.3.